The highest BCUT2D eigenvalue weighted by Crippen LogP contribution is 2.28. The maximum absolute atomic E-state index is 12.7. The highest BCUT2D eigenvalue weighted by atomic mass is 16.5. The Morgan fingerprint density at radius 2 is 2.06 bits per heavy atom. The predicted molar refractivity (Wildman–Crippen MR) is 116 cm³/mol. The Morgan fingerprint density at radius 3 is 2.81 bits per heavy atom. The van der Waals surface area contributed by atoms with Crippen molar-refractivity contribution in [3.63, 3.8) is 0 Å². The van der Waals surface area contributed by atoms with Crippen LogP contribution in [0.25, 0.3) is 5.65 Å². The van der Waals surface area contributed by atoms with Gasteiger partial charge >= 0.3 is 0 Å². The molecule has 1 unspecified atom stereocenters. The molecule has 1 saturated carbocycles. The molecule has 10 heteroatoms. The summed E-state index contributed by atoms with van der Waals surface area (Å²) in [6.07, 6.45) is 10.5. The fraction of sp³-hybridized carbons (Fsp3) is 0.476. The Bertz CT molecular complexity index is 1090. The molecule has 1 atom stereocenters. The minimum atomic E-state index is -0.379. The number of nitrogens with zero attached hydrogens (tertiary/aromatic N) is 6. The van der Waals surface area contributed by atoms with Gasteiger partial charge in [-0.05, 0) is 38.6 Å². The van der Waals surface area contributed by atoms with Crippen molar-refractivity contribution >= 4 is 23.2 Å². The third-order valence-electron chi connectivity index (χ3n) is 5.74. The van der Waals surface area contributed by atoms with E-state index in [-0.39, 0.29) is 11.6 Å². The molecule has 0 bridgehead atoms. The molecule has 2 N–H and O–H groups in total. The van der Waals surface area contributed by atoms with E-state index in [0.29, 0.717) is 23.4 Å². The first-order valence-electron chi connectivity index (χ1n) is 10.6. The molecule has 1 aliphatic carbocycles. The second kappa shape index (κ2) is 8.10. The maximum Gasteiger partial charge on any atom is 0.277 e. The van der Waals surface area contributed by atoms with Crippen molar-refractivity contribution in [3.05, 3.63) is 36.2 Å². The third kappa shape index (κ3) is 4.29. The molecule has 3 aromatic rings. The van der Waals surface area contributed by atoms with Crippen LogP contribution >= 0.6 is 0 Å². The molecular formula is C21H26N8O2. The number of ether oxygens (including phenoxy) is 1. The largest absolute Gasteiger partial charge is 0.478 e. The fourth-order valence-corrected chi connectivity index (χ4v) is 3.86. The molecule has 1 saturated heterocycles. The van der Waals surface area contributed by atoms with Gasteiger partial charge in [-0.1, -0.05) is 0 Å². The van der Waals surface area contributed by atoms with E-state index in [1.807, 2.05) is 13.1 Å². The van der Waals surface area contributed by atoms with Crippen molar-refractivity contribution in [2.75, 3.05) is 37.0 Å². The number of aromatic nitrogens is 5. The Morgan fingerprint density at radius 1 is 1.19 bits per heavy atom. The summed E-state index contributed by atoms with van der Waals surface area (Å²) in [5.74, 6) is 1.98. The van der Waals surface area contributed by atoms with Crippen LogP contribution in [0.4, 0.5) is 11.6 Å². The minimum Gasteiger partial charge on any atom is -0.478 e. The molecule has 0 spiro atoms. The Labute approximate surface area is 180 Å². The molecule has 1 aliphatic heterocycles. The average molecular weight is 422 g/mol. The zero-order valence-electron chi connectivity index (χ0n) is 17.7. The number of fused-ring (bicyclic) bond motifs is 1. The molecule has 2 aliphatic rings. The van der Waals surface area contributed by atoms with Gasteiger partial charge in [-0.2, -0.15) is 4.98 Å². The predicted octanol–water partition coefficient (Wildman–Crippen LogP) is 1.67. The highest BCUT2D eigenvalue weighted by Gasteiger charge is 2.27. The number of carbonyl (C=O) groups excluding carboxylic acids is 1. The van der Waals surface area contributed by atoms with Crippen LogP contribution < -0.4 is 20.3 Å². The van der Waals surface area contributed by atoms with Crippen LogP contribution in [0.2, 0.25) is 0 Å². The monoisotopic (exact) mass is 422 g/mol. The van der Waals surface area contributed by atoms with Crippen LogP contribution in [-0.4, -0.2) is 63.0 Å². The van der Waals surface area contributed by atoms with Gasteiger partial charge in [0.25, 0.3) is 11.8 Å². The lowest BCUT2D eigenvalue weighted by Crippen LogP contribution is -2.34. The van der Waals surface area contributed by atoms with Crippen LogP contribution in [0, 0.1) is 12.8 Å². The van der Waals surface area contributed by atoms with E-state index < -0.39 is 0 Å². The van der Waals surface area contributed by atoms with Gasteiger partial charge in [0.15, 0.2) is 5.82 Å². The van der Waals surface area contributed by atoms with Gasteiger partial charge in [-0.15, -0.1) is 0 Å². The van der Waals surface area contributed by atoms with Crippen molar-refractivity contribution < 1.29 is 9.53 Å². The lowest BCUT2D eigenvalue weighted by atomic mass is 10.2. The first-order chi connectivity index (χ1) is 15.1. The number of nitrogens with one attached hydrogen (secondary N) is 2. The smallest absolute Gasteiger partial charge is 0.277 e. The SMILES string of the molecule is COc1nc(NC(=O)c2cnc(N3CCC(NCC4CC4)C3)cn2)cn2cc(C)nc12. The third-order valence-corrected chi connectivity index (χ3v) is 5.74. The van der Waals surface area contributed by atoms with Gasteiger partial charge in [-0.3, -0.25) is 9.20 Å². The van der Waals surface area contributed by atoms with Gasteiger partial charge < -0.3 is 20.3 Å². The quantitative estimate of drug-likeness (QED) is 0.592. The van der Waals surface area contributed by atoms with Crippen molar-refractivity contribution in [2.45, 2.75) is 32.2 Å². The zero-order chi connectivity index (χ0) is 21.4. The molecule has 4 heterocycles. The van der Waals surface area contributed by atoms with E-state index in [2.05, 4.69) is 35.5 Å². The van der Waals surface area contributed by atoms with Crippen LogP contribution in [0.1, 0.15) is 35.4 Å². The van der Waals surface area contributed by atoms with Crippen molar-refractivity contribution in [3.8, 4) is 5.88 Å². The summed E-state index contributed by atoms with van der Waals surface area (Å²) in [6.45, 7) is 4.86. The molecule has 0 aromatic carbocycles. The van der Waals surface area contributed by atoms with Crippen molar-refractivity contribution in [2.24, 2.45) is 5.92 Å². The molecule has 2 fully saturated rings. The van der Waals surface area contributed by atoms with Crippen LogP contribution in [0.15, 0.2) is 24.8 Å². The van der Waals surface area contributed by atoms with E-state index >= 15 is 0 Å². The van der Waals surface area contributed by atoms with E-state index in [0.717, 1.165) is 43.5 Å². The lowest BCUT2D eigenvalue weighted by Gasteiger charge is -2.17. The molecule has 5 rings (SSSR count). The average Bonchev–Trinajstić information content (AvgIpc) is 3.35. The summed E-state index contributed by atoms with van der Waals surface area (Å²) in [6, 6.07) is 0.494. The first-order valence-corrected chi connectivity index (χ1v) is 10.6. The Balaban J connectivity index is 1.23. The number of methoxy groups -OCH3 is 1. The van der Waals surface area contributed by atoms with Crippen molar-refractivity contribution in [1.29, 1.82) is 0 Å². The molecular weight excluding hydrogens is 396 g/mol. The first kappa shape index (κ1) is 19.7. The number of hydrogen-bond acceptors (Lipinski definition) is 8. The van der Waals surface area contributed by atoms with E-state index in [9.17, 15) is 4.79 Å². The summed E-state index contributed by atoms with van der Waals surface area (Å²) in [5.41, 5.74) is 1.66. The fourth-order valence-electron chi connectivity index (χ4n) is 3.86. The number of imidazole rings is 1. The number of aryl methyl sites for hydroxylation is 1. The Kier molecular flexibility index (Phi) is 5.14. The molecule has 1 amide bonds. The van der Waals surface area contributed by atoms with E-state index in [4.69, 9.17) is 4.74 Å². The topological polar surface area (TPSA) is 110 Å². The lowest BCUT2D eigenvalue weighted by molar-refractivity contribution is 0.102. The number of hydrogen-bond donors (Lipinski definition) is 2. The van der Waals surface area contributed by atoms with Crippen LogP contribution in [0.3, 0.4) is 0 Å². The minimum absolute atomic E-state index is 0.231. The summed E-state index contributed by atoms with van der Waals surface area (Å²) >= 11 is 0. The molecule has 3 aromatic heterocycles. The van der Waals surface area contributed by atoms with E-state index in [1.54, 1.807) is 16.8 Å². The second-order valence-corrected chi connectivity index (χ2v) is 8.25. The summed E-state index contributed by atoms with van der Waals surface area (Å²) in [5, 5.41) is 6.40. The summed E-state index contributed by atoms with van der Waals surface area (Å²) in [7, 11) is 1.52. The van der Waals surface area contributed by atoms with Crippen molar-refractivity contribution in [1.82, 2.24) is 29.7 Å². The van der Waals surface area contributed by atoms with E-state index in [1.165, 1.54) is 26.1 Å². The number of rotatable bonds is 7. The molecule has 0 radical (unpaired) electrons. The van der Waals surface area contributed by atoms with Gasteiger partial charge in [-0.25, -0.2) is 15.0 Å². The molecule has 10 nitrogen and oxygen atoms in total. The maximum atomic E-state index is 12.7. The number of carbonyl (C=O) groups is 1. The summed E-state index contributed by atoms with van der Waals surface area (Å²) in [4.78, 5) is 32.3. The molecule has 162 valence electrons. The highest BCUT2D eigenvalue weighted by molar-refractivity contribution is 6.02. The standard InChI is InChI=1S/C21H26N8O2/c1-13-10-29-12-17(27-21(31-2)19(29)25-13)26-20(30)16-8-24-18(9-23-16)28-6-5-15(11-28)22-7-14-3-4-14/h8-10,12,14-15,22H,3-7,11H2,1-2H3,(H,26,30). The zero-order valence-corrected chi connectivity index (χ0v) is 17.7. The van der Waals surface area contributed by atoms with Gasteiger partial charge in [0.05, 0.1) is 31.4 Å². The molecule has 31 heavy (non-hydrogen) atoms. The van der Waals surface area contributed by atoms with Gasteiger partial charge in [0.1, 0.15) is 11.5 Å². The normalized spacial score (nSPS) is 18.5. The second-order valence-electron chi connectivity index (χ2n) is 8.25. The Hall–Kier alpha value is -3.27. The summed E-state index contributed by atoms with van der Waals surface area (Å²) < 4.78 is 7.07. The van der Waals surface area contributed by atoms with Crippen LogP contribution in [0.5, 0.6) is 5.88 Å². The van der Waals surface area contributed by atoms with Gasteiger partial charge in [0.2, 0.25) is 5.65 Å². The van der Waals surface area contributed by atoms with Gasteiger partial charge in [0, 0.05) is 25.3 Å². The number of anilines is 2. The number of amides is 1. The van der Waals surface area contributed by atoms with Crippen LogP contribution in [-0.2, 0) is 0 Å².